The number of ketones is 1. The molecule has 0 saturated carbocycles. The van der Waals surface area contributed by atoms with E-state index in [2.05, 4.69) is 31.5 Å². The van der Waals surface area contributed by atoms with Gasteiger partial charge in [-0.3, -0.25) is 19.4 Å². The molecule has 170 valence electrons. The fraction of sp³-hybridized carbons (Fsp3) is 0.318. The number of aliphatic carboxylic acids is 1. The second-order valence-corrected chi connectivity index (χ2v) is 8.77. The molecule has 32 heavy (non-hydrogen) atoms. The Morgan fingerprint density at radius 1 is 1.16 bits per heavy atom. The van der Waals surface area contributed by atoms with Gasteiger partial charge in [-0.1, -0.05) is 22.0 Å². The van der Waals surface area contributed by atoms with Crippen molar-refractivity contribution in [2.24, 2.45) is 0 Å². The molecule has 0 radical (unpaired) electrons. The van der Waals surface area contributed by atoms with Crippen LogP contribution in [-0.4, -0.2) is 45.5 Å². The van der Waals surface area contributed by atoms with E-state index in [1.165, 1.54) is 12.3 Å². The molecule has 0 aliphatic heterocycles. The molecule has 10 heteroatoms. The van der Waals surface area contributed by atoms with Crippen molar-refractivity contribution >= 4 is 45.4 Å². The topological polar surface area (TPSA) is 135 Å². The molecule has 9 nitrogen and oxygen atoms in total. The van der Waals surface area contributed by atoms with Crippen molar-refractivity contribution < 1.29 is 29.0 Å². The first-order chi connectivity index (χ1) is 15.0. The normalized spacial score (nSPS) is 11.9. The molecule has 0 fully saturated rings. The van der Waals surface area contributed by atoms with E-state index in [4.69, 9.17) is 9.84 Å². The number of benzene rings is 1. The molecule has 3 N–H and O–H groups in total. The number of aromatic nitrogens is 1. The Labute approximate surface area is 193 Å². The summed E-state index contributed by atoms with van der Waals surface area (Å²) in [5.41, 5.74) is -0.234. The van der Waals surface area contributed by atoms with Crippen LogP contribution in [0.1, 0.15) is 49.7 Å². The molecular formula is C22H24BrN3O6. The van der Waals surface area contributed by atoms with Gasteiger partial charge in [-0.05, 0) is 57.5 Å². The van der Waals surface area contributed by atoms with E-state index in [0.29, 0.717) is 4.47 Å². The van der Waals surface area contributed by atoms with Crippen LogP contribution < -0.4 is 10.6 Å². The summed E-state index contributed by atoms with van der Waals surface area (Å²) in [5.74, 6) is -2.22. The second kappa shape index (κ2) is 10.9. The lowest BCUT2D eigenvalue weighted by molar-refractivity contribution is -0.137. The summed E-state index contributed by atoms with van der Waals surface area (Å²) in [7, 11) is 0. The van der Waals surface area contributed by atoms with Crippen LogP contribution in [0.5, 0.6) is 0 Å². The maximum atomic E-state index is 12.9. The molecule has 0 spiro atoms. The first-order valence-corrected chi connectivity index (χ1v) is 10.5. The Hall–Kier alpha value is -3.27. The number of carboxylic acids is 1. The minimum absolute atomic E-state index is 0.166. The maximum Gasteiger partial charge on any atom is 0.408 e. The fourth-order valence-corrected chi connectivity index (χ4v) is 3.02. The van der Waals surface area contributed by atoms with Gasteiger partial charge in [0.05, 0.1) is 5.69 Å². The van der Waals surface area contributed by atoms with Crippen LogP contribution in [0.15, 0.2) is 47.1 Å². The van der Waals surface area contributed by atoms with Gasteiger partial charge < -0.3 is 20.5 Å². The number of carbonyl (C=O) groups excluding carboxylic acids is 3. The lowest BCUT2D eigenvalue weighted by atomic mass is 10.0. The molecule has 0 aliphatic rings. The van der Waals surface area contributed by atoms with E-state index in [-0.39, 0.29) is 29.8 Å². The lowest BCUT2D eigenvalue weighted by Gasteiger charge is -2.23. The van der Waals surface area contributed by atoms with Gasteiger partial charge in [0.1, 0.15) is 17.3 Å². The third-order valence-corrected chi connectivity index (χ3v) is 4.53. The third-order valence-electron chi connectivity index (χ3n) is 4.04. The van der Waals surface area contributed by atoms with Gasteiger partial charge in [-0.2, -0.15) is 0 Å². The lowest BCUT2D eigenvalue weighted by Crippen LogP contribution is -2.46. The molecule has 1 atom stereocenters. The summed E-state index contributed by atoms with van der Waals surface area (Å²) in [6, 6.07) is 8.41. The summed E-state index contributed by atoms with van der Waals surface area (Å²) < 4.78 is 5.78. The summed E-state index contributed by atoms with van der Waals surface area (Å²) in [6.45, 7) is 4.99. The standard InChI is InChI=1S/C22H24BrN3O6/c1-22(2,3)32-21(31)26-17(9-10-18(27)28)20(30)25-15-8-7-13(23)12-14(15)19(29)16-6-4-5-11-24-16/h4-8,11-12,17H,9-10H2,1-3H3,(H,25,30)(H,26,31)(H,27,28). The van der Waals surface area contributed by atoms with E-state index in [9.17, 15) is 19.2 Å². The maximum absolute atomic E-state index is 12.9. The van der Waals surface area contributed by atoms with Crippen molar-refractivity contribution in [3.8, 4) is 0 Å². The molecule has 1 aromatic heterocycles. The number of rotatable bonds is 8. The Morgan fingerprint density at radius 2 is 1.88 bits per heavy atom. The number of ether oxygens (including phenoxy) is 1. The van der Waals surface area contributed by atoms with Crippen molar-refractivity contribution in [2.75, 3.05) is 5.32 Å². The van der Waals surface area contributed by atoms with Crippen molar-refractivity contribution in [1.29, 1.82) is 0 Å². The molecule has 2 amide bonds. The van der Waals surface area contributed by atoms with Gasteiger partial charge in [0.2, 0.25) is 11.7 Å². The van der Waals surface area contributed by atoms with Crippen LogP contribution in [0.25, 0.3) is 0 Å². The Balaban J connectivity index is 2.27. The van der Waals surface area contributed by atoms with Crippen LogP contribution in [0, 0.1) is 0 Å². The van der Waals surface area contributed by atoms with Gasteiger partial charge in [-0.15, -0.1) is 0 Å². The predicted octanol–water partition coefficient (Wildman–Crippen LogP) is 3.77. The van der Waals surface area contributed by atoms with Crippen molar-refractivity contribution in [1.82, 2.24) is 10.3 Å². The molecule has 1 aromatic carbocycles. The van der Waals surface area contributed by atoms with Crippen molar-refractivity contribution in [3.63, 3.8) is 0 Å². The zero-order valence-corrected chi connectivity index (χ0v) is 19.4. The summed E-state index contributed by atoms with van der Waals surface area (Å²) in [4.78, 5) is 53.0. The van der Waals surface area contributed by atoms with Crippen LogP contribution in [0.3, 0.4) is 0 Å². The molecule has 1 heterocycles. The number of nitrogens with one attached hydrogen (secondary N) is 2. The predicted molar refractivity (Wildman–Crippen MR) is 120 cm³/mol. The highest BCUT2D eigenvalue weighted by Gasteiger charge is 2.26. The van der Waals surface area contributed by atoms with Gasteiger partial charge in [0.25, 0.3) is 0 Å². The average molecular weight is 506 g/mol. The highest BCUT2D eigenvalue weighted by molar-refractivity contribution is 9.10. The number of nitrogens with zero attached hydrogens (tertiary/aromatic N) is 1. The van der Waals surface area contributed by atoms with Crippen LogP contribution in [0.2, 0.25) is 0 Å². The van der Waals surface area contributed by atoms with Gasteiger partial charge in [0.15, 0.2) is 0 Å². The zero-order valence-electron chi connectivity index (χ0n) is 17.8. The number of carboxylic acid groups (broad SMARTS) is 1. The van der Waals surface area contributed by atoms with Crippen molar-refractivity contribution in [2.45, 2.75) is 45.3 Å². The Morgan fingerprint density at radius 3 is 2.47 bits per heavy atom. The largest absolute Gasteiger partial charge is 0.481 e. The van der Waals surface area contributed by atoms with Gasteiger partial charge >= 0.3 is 12.1 Å². The number of carbonyl (C=O) groups is 4. The quantitative estimate of drug-likeness (QED) is 0.464. The monoisotopic (exact) mass is 505 g/mol. The number of anilines is 1. The highest BCUT2D eigenvalue weighted by Crippen LogP contribution is 2.24. The molecule has 2 rings (SSSR count). The van der Waals surface area contributed by atoms with Gasteiger partial charge in [-0.25, -0.2) is 4.79 Å². The number of alkyl carbamates (subject to hydrolysis) is 1. The molecular weight excluding hydrogens is 482 g/mol. The number of hydrogen-bond acceptors (Lipinski definition) is 6. The van der Waals surface area contributed by atoms with Crippen LogP contribution >= 0.6 is 15.9 Å². The summed E-state index contributed by atoms with van der Waals surface area (Å²) in [5, 5.41) is 14.0. The van der Waals surface area contributed by atoms with E-state index in [0.717, 1.165) is 0 Å². The van der Waals surface area contributed by atoms with Crippen molar-refractivity contribution in [3.05, 3.63) is 58.3 Å². The number of amides is 2. The first-order valence-electron chi connectivity index (χ1n) is 9.74. The molecule has 0 saturated heterocycles. The van der Waals surface area contributed by atoms with E-state index in [1.807, 2.05) is 0 Å². The Kier molecular flexibility index (Phi) is 8.48. The first kappa shape index (κ1) is 25.0. The second-order valence-electron chi connectivity index (χ2n) is 7.85. The smallest absolute Gasteiger partial charge is 0.408 e. The molecule has 1 unspecified atom stereocenters. The zero-order chi connectivity index (χ0) is 23.9. The van der Waals surface area contributed by atoms with E-state index < -0.39 is 35.4 Å². The Bertz CT molecular complexity index is 1000. The minimum Gasteiger partial charge on any atom is -0.481 e. The number of hydrogen-bond donors (Lipinski definition) is 3. The molecule has 0 bridgehead atoms. The van der Waals surface area contributed by atoms with Crippen LogP contribution in [0.4, 0.5) is 10.5 Å². The molecule has 0 aliphatic carbocycles. The average Bonchev–Trinajstić information content (AvgIpc) is 2.71. The van der Waals surface area contributed by atoms with Crippen LogP contribution in [-0.2, 0) is 14.3 Å². The van der Waals surface area contributed by atoms with E-state index in [1.54, 1.807) is 51.1 Å². The van der Waals surface area contributed by atoms with Gasteiger partial charge in [0, 0.05) is 22.7 Å². The number of pyridine rings is 1. The van der Waals surface area contributed by atoms with E-state index >= 15 is 0 Å². The highest BCUT2D eigenvalue weighted by atomic mass is 79.9. The summed E-state index contributed by atoms with van der Waals surface area (Å²) in [6.07, 6.45) is 0.105. The SMILES string of the molecule is CC(C)(C)OC(=O)NC(CCC(=O)O)C(=O)Nc1ccc(Br)cc1C(=O)c1ccccn1. The summed E-state index contributed by atoms with van der Waals surface area (Å²) >= 11 is 3.31. The third kappa shape index (κ3) is 7.77. The molecule has 2 aromatic rings. The minimum atomic E-state index is -1.19. The fourth-order valence-electron chi connectivity index (χ4n) is 2.65. The number of halogens is 1.